The number of carbonyl (C=O) groups is 1. The molecule has 6 nitrogen and oxygen atoms in total. The SMILES string of the molecule is CCc1c(C(=O)N2CCC(OCCCN)CC2)cnn1-c1ccc(F)cc1.Cl. The van der Waals surface area contributed by atoms with Crippen LogP contribution < -0.4 is 5.73 Å². The molecule has 2 aromatic rings. The minimum atomic E-state index is -0.295. The Labute approximate surface area is 171 Å². The van der Waals surface area contributed by atoms with Crippen LogP contribution in [-0.2, 0) is 11.2 Å². The molecule has 2 N–H and O–H groups in total. The first-order valence-electron chi connectivity index (χ1n) is 9.57. The van der Waals surface area contributed by atoms with E-state index in [0.29, 0.717) is 38.2 Å². The fourth-order valence-electron chi connectivity index (χ4n) is 3.43. The molecule has 1 aliphatic rings. The van der Waals surface area contributed by atoms with Crippen LogP contribution in [0, 0.1) is 5.82 Å². The minimum absolute atomic E-state index is 0. The number of rotatable bonds is 7. The van der Waals surface area contributed by atoms with E-state index in [-0.39, 0.29) is 30.2 Å². The van der Waals surface area contributed by atoms with E-state index in [2.05, 4.69) is 5.10 Å². The molecule has 1 aromatic carbocycles. The van der Waals surface area contributed by atoms with E-state index in [9.17, 15) is 9.18 Å². The van der Waals surface area contributed by atoms with Crippen molar-refractivity contribution >= 4 is 18.3 Å². The van der Waals surface area contributed by atoms with Crippen molar-refractivity contribution < 1.29 is 13.9 Å². The van der Waals surface area contributed by atoms with Crippen LogP contribution in [0.3, 0.4) is 0 Å². The number of piperidine rings is 1. The normalized spacial score (nSPS) is 14.8. The number of ether oxygens (including phenoxy) is 1. The third-order valence-corrected chi connectivity index (χ3v) is 4.94. The first-order chi connectivity index (χ1) is 13.1. The highest BCUT2D eigenvalue weighted by Crippen LogP contribution is 2.21. The zero-order valence-electron chi connectivity index (χ0n) is 16.1. The van der Waals surface area contributed by atoms with Crippen LogP contribution >= 0.6 is 12.4 Å². The van der Waals surface area contributed by atoms with Crippen LogP contribution in [0.1, 0.15) is 42.2 Å². The van der Waals surface area contributed by atoms with E-state index in [1.807, 2.05) is 11.8 Å². The Kier molecular flexibility index (Phi) is 8.41. The molecule has 1 aliphatic heterocycles. The maximum Gasteiger partial charge on any atom is 0.257 e. The van der Waals surface area contributed by atoms with Gasteiger partial charge in [-0.1, -0.05) is 6.92 Å². The zero-order valence-corrected chi connectivity index (χ0v) is 17.0. The van der Waals surface area contributed by atoms with Crippen molar-refractivity contribution in [1.82, 2.24) is 14.7 Å². The second-order valence-electron chi connectivity index (χ2n) is 6.75. The summed E-state index contributed by atoms with van der Waals surface area (Å²) in [6, 6.07) is 6.13. The molecule has 28 heavy (non-hydrogen) atoms. The van der Waals surface area contributed by atoms with Gasteiger partial charge < -0.3 is 15.4 Å². The quantitative estimate of drug-likeness (QED) is 0.712. The van der Waals surface area contributed by atoms with Crippen molar-refractivity contribution in [2.45, 2.75) is 38.7 Å². The number of likely N-dealkylation sites (tertiary alicyclic amines) is 1. The average Bonchev–Trinajstić information content (AvgIpc) is 3.13. The number of halogens is 2. The molecular formula is C20H28ClFN4O2. The third-order valence-electron chi connectivity index (χ3n) is 4.94. The summed E-state index contributed by atoms with van der Waals surface area (Å²) in [5.74, 6) is -0.294. The lowest BCUT2D eigenvalue weighted by atomic mass is 10.1. The first kappa shape index (κ1) is 22.3. The van der Waals surface area contributed by atoms with Gasteiger partial charge in [0.1, 0.15) is 5.82 Å². The summed E-state index contributed by atoms with van der Waals surface area (Å²) in [5.41, 5.74) is 7.69. The Morgan fingerprint density at radius 1 is 1.29 bits per heavy atom. The first-order valence-corrected chi connectivity index (χ1v) is 9.57. The summed E-state index contributed by atoms with van der Waals surface area (Å²) in [7, 11) is 0. The van der Waals surface area contributed by atoms with E-state index in [1.54, 1.807) is 23.0 Å². The van der Waals surface area contributed by atoms with E-state index in [1.165, 1.54) is 12.1 Å². The van der Waals surface area contributed by atoms with Crippen LogP contribution in [0.4, 0.5) is 4.39 Å². The third kappa shape index (κ3) is 5.10. The molecule has 0 bridgehead atoms. The molecule has 0 saturated carbocycles. The molecule has 154 valence electrons. The highest BCUT2D eigenvalue weighted by atomic mass is 35.5. The van der Waals surface area contributed by atoms with E-state index < -0.39 is 0 Å². The highest BCUT2D eigenvalue weighted by Gasteiger charge is 2.27. The van der Waals surface area contributed by atoms with Gasteiger partial charge in [0.05, 0.1) is 29.2 Å². The predicted molar refractivity (Wildman–Crippen MR) is 109 cm³/mol. The largest absolute Gasteiger partial charge is 0.378 e. The van der Waals surface area contributed by atoms with Gasteiger partial charge in [-0.05, 0) is 56.5 Å². The van der Waals surface area contributed by atoms with Crippen molar-refractivity contribution in [2.75, 3.05) is 26.2 Å². The number of benzene rings is 1. The predicted octanol–water partition coefficient (Wildman–Crippen LogP) is 2.97. The Balaban J connectivity index is 0.00000280. The average molecular weight is 411 g/mol. The maximum atomic E-state index is 13.2. The summed E-state index contributed by atoms with van der Waals surface area (Å²) in [6.45, 7) is 4.66. The Morgan fingerprint density at radius 3 is 2.57 bits per heavy atom. The molecule has 0 unspecified atom stereocenters. The molecule has 1 saturated heterocycles. The minimum Gasteiger partial charge on any atom is -0.378 e. The van der Waals surface area contributed by atoms with Gasteiger partial charge in [0.25, 0.3) is 5.91 Å². The second-order valence-corrected chi connectivity index (χ2v) is 6.75. The number of amides is 1. The standard InChI is InChI=1S/C20H27FN4O2.ClH/c1-2-19-18(14-23-25(19)16-6-4-15(21)5-7-16)20(26)24-11-8-17(9-12-24)27-13-3-10-22;/h4-7,14,17H,2-3,8-13,22H2,1H3;1H. The molecule has 1 fully saturated rings. The molecule has 3 rings (SSSR count). The van der Waals surface area contributed by atoms with Crippen molar-refractivity contribution in [2.24, 2.45) is 5.73 Å². The van der Waals surface area contributed by atoms with Gasteiger partial charge in [0.15, 0.2) is 0 Å². The van der Waals surface area contributed by atoms with Gasteiger partial charge in [-0.25, -0.2) is 9.07 Å². The molecule has 0 aliphatic carbocycles. The van der Waals surface area contributed by atoms with Gasteiger partial charge in [0, 0.05) is 19.7 Å². The fourth-order valence-corrected chi connectivity index (χ4v) is 3.43. The van der Waals surface area contributed by atoms with Gasteiger partial charge >= 0.3 is 0 Å². The van der Waals surface area contributed by atoms with E-state index in [4.69, 9.17) is 10.5 Å². The van der Waals surface area contributed by atoms with Crippen molar-refractivity contribution in [1.29, 1.82) is 0 Å². The topological polar surface area (TPSA) is 73.4 Å². The number of hydrogen-bond donors (Lipinski definition) is 1. The van der Waals surface area contributed by atoms with Crippen LogP contribution in [0.2, 0.25) is 0 Å². The molecule has 1 aromatic heterocycles. The molecule has 0 spiro atoms. The summed E-state index contributed by atoms with van der Waals surface area (Å²) in [4.78, 5) is 14.9. The van der Waals surface area contributed by atoms with Gasteiger partial charge in [0.2, 0.25) is 0 Å². The summed E-state index contributed by atoms with van der Waals surface area (Å²) >= 11 is 0. The summed E-state index contributed by atoms with van der Waals surface area (Å²) in [5, 5.41) is 4.38. The maximum absolute atomic E-state index is 13.2. The molecular weight excluding hydrogens is 383 g/mol. The molecule has 0 radical (unpaired) electrons. The van der Waals surface area contributed by atoms with Crippen LogP contribution in [0.15, 0.2) is 30.5 Å². The number of aromatic nitrogens is 2. The van der Waals surface area contributed by atoms with Gasteiger partial charge in [-0.15, -0.1) is 12.4 Å². The monoisotopic (exact) mass is 410 g/mol. The van der Waals surface area contributed by atoms with Crippen LogP contribution in [-0.4, -0.2) is 52.9 Å². The van der Waals surface area contributed by atoms with Crippen molar-refractivity contribution in [3.63, 3.8) is 0 Å². The van der Waals surface area contributed by atoms with Gasteiger partial charge in [-0.2, -0.15) is 5.10 Å². The molecule has 2 heterocycles. The van der Waals surface area contributed by atoms with E-state index in [0.717, 1.165) is 30.6 Å². The summed E-state index contributed by atoms with van der Waals surface area (Å²) in [6.07, 6.45) is 5.02. The molecule has 8 heteroatoms. The second kappa shape index (κ2) is 10.5. The van der Waals surface area contributed by atoms with Crippen LogP contribution in [0.5, 0.6) is 0 Å². The van der Waals surface area contributed by atoms with Crippen LogP contribution in [0.25, 0.3) is 5.69 Å². The Morgan fingerprint density at radius 2 is 1.96 bits per heavy atom. The Bertz CT molecular complexity index is 758. The highest BCUT2D eigenvalue weighted by molar-refractivity contribution is 5.95. The lowest BCUT2D eigenvalue weighted by Gasteiger charge is -2.32. The number of carbonyl (C=O) groups excluding carboxylic acids is 1. The lowest BCUT2D eigenvalue weighted by Crippen LogP contribution is -2.41. The van der Waals surface area contributed by atoms with E-state index >= 15 is 0 Å². The molecule has 0 atom stereocenters. The van der Waals surface area contributed by atoms with Crippen molar-refractivity contribution in [3.05, 3.63) is 47.5 Å². The zero-order chi connectivity index (χ0) is 19.2. The Hall–Kier alpha value is -1.96. The van der Waals surface area contributed by atoms with Gasteiger partial charge in [-0.3, -0.25) is 4.79 Å². The number of hydrogen-bond acceptors (Lipinski definition) is 4. The molecule has 1 amide bonds. The fraction of sp³-hybridized carbons (Fsp3) is 0.500. The lowest BCUT2D eigenvalue weighted by molar-refractivity contribution is 0.00842. The van der Waals surface area contributed by atoms with Crippen molar-refractivity contribution in [3.8, 4) is 5.69 Å². The smallest absolute Gasteiger partial charge is 0.257 e. The summed E-state index contributed by atoms with van der Waals surface area (Å²) < 4.78 is 20.7. The number of nitrogens with zero attached hydrogens (tertiary/aromatic N) is 3. The number of nitrogens with two attached hydrogens (primary N) is 1.